The molecule has 3 aromatic heterocycles. The highest BCUT2D eigenvalue weighted by atomic mass is 16.1. The Bertz CT molecular complexity index is 948. The maximum Gasteiger partial charge on any atom is 0.152 e. The second-order valence-corrected chi connectivity index (χ2v) is 7.17. The molecule has 0 radical (unpaired) electrons. The number of aromatic nitrogens is 4. The van der Waals surface area contributed by atoms with Crippen molar-refractivity contribution in [2.24, 2.45) is 7.05 Å². The molecule has 26 heavy (non-hydrogen) atoms. The molecule has 1 atom stereocenters. The van der Waals surface area contributed by atoms with Crippen molar-refractivity contribution in [3.63, 3.8) is 0 Å². The number of aryl methyl sites for hydroxylation is 1. The number of ketones is 1. The van der Waals surface area contributed by atoms with Gasteiger partial charge in [0.25, 0.3) is 0 Å². The summed E-state index contributed by atoms with van der Waals surface area (Å²) < 4.78 is 1.77. The van der Waals surface area contributed by atoms with Crippen LogP contribution in [0.4, 0.5) is 0 Å². The van der Waals surface area contributed by atoms with Crippen molar-refractivity contribution < 1.29 is 4.79 Å². The third-order valence-electron chi connectivity index (χ3n) is 5.11. The molecule has 6 nitrogen and oxygen atoms in total. The van der Waals surface area contributed by atoms with Crippen LogP contribution in [0, 0.1) is 0 Å². The van der Waals surface area contributed by atoms with Crippen LogP contribution in [0.15, 0.2) is 36.9 Å². The number of hydrogen-bond donors (Lipinski definition) is 0. The minimum atomic E-state index is 0.224. The van der Waals surface area contributed by atoms with E-state index in [4.69, 9.17) is 0 Å². The number of fused-ring (bicyclic) bond motifs is 1. The average molecular weight is 349 g/mol. The van der Waals surface area contributed by atoms with Crippen LogP contribution in [-0.2, 0) is 18.3 Å². The van der Waals surface area contributed by atoms with Crippen LogP contribution >= 0.6 is 0 Å². The van der Waals surface area contributed by atoms with E-state index in [1.165, 1.54) is 12.8 Å². The van der Waals surface area contributed by atoms with Gasteiger partial charge in [-0.1, -0.05) is 0 Å². The van der Waals surface area contributed by atoms with Crippen molar-refractivity contribution in [3.8, 4) is 11.1 Å². The molecule has 0 amide bonds. The molecule has 0 saturated carbocycles. The molecule has 1 aliphatic rings. The van der Waals surface area contributed by atoms with Gasteiger partial charge < -0.3 is 0 Å². The van der Waals surface area contributed by atoms with E-state index in [0.29, 0.717) is 19.0 Å². The first-order valence-corrected chi connectivity index (χ1v) is 9.08. The Morgan fingerprint density at radius 3 is 2.81 bits per heavy atom. The zero-order chi connectivity index (χ0) is 18.1. The lowest BCUT2D eigenvalue weighted by atomic mass is 10.1. The van der Waals surface area contributed by atoms with E-state index in [1.54, 1.807) is 10.9 Å². The highest BCUT2D eigenvalue weighted by Gasteiger charge is 2.22. The Morgan fingerprint density at radius 2 is 2.08 bits per heavy atom. The van der Waals surface area contributed by atoms with Gasteiger partial charge in [-0.05, 0) is 38.4 Å². The maximum atomic E-state index is 12.4. The largest absolute Gasteiger partial charge is 0.298 e. The summed E-state index contributed by atoms with van der Waals surface area (Å²) in [5.41, 5.74) is 3.68. The molecule has 1 fully saturated rings. The van der Waals surface area contributed by atoms with Crippen LogP contribution in [-0.4, -0.2) is 49.6 Å². The van der Waals surface area contributed by atoms with Crippen LogP contribution < -0.4 is 0 Å². The first kappa shape index (κ1) is 16.8. The smallest absolute Gasteiger partial charge is 0.152 e. The zero-order valence-corrected chi connectivity index (χ0v) is 15.2. The third kappa shape index (κ3) is 3.51. The molecule has 134 valence electrons. The summed E-state index contributed by atoms with van der Waals surface area (Å²) in [7, 11) is 1.90. The fraction of sp³-hybridized carbons (Fsp3) is 0.400. The minimum Gasteiger partial charge on any atom is -0.298 e. The Balaban J connectivity index is 1.53. The molecule has 4 heterocycles. The van der Waals surface area contributed by atoms with Gasteiger partial charge in [0, 0.05) is 47.7 Å². The predicted octanol–water partition coefficient (Wildman–Crippen LogP) is 2.63. The molecule has 0 bridgehead atoms. The summed E-state index contributed by atoms with van der Waals surface area (Å²) in [4.78, 5) is 23.6. The molecular weight excluding hydrogens is 326 g/mol. The molecule has 0 aromatic carbocycles. The van der Waals surface area contributed by atoms with Crippen molar-refractivity contribution >= 4 is 16.7 Å². The number of nitrogens with zero attached hydrogens (tertiary/aromatic N) is 5. The summed E-state index contributed by atoms with van der Waals surface area (Å²) in [5.74, 6) is 0.224. The molecular formula is C20H23N5O. The van der Waals surface area contributed by atoms with Gasteiger partial charge >= 0.3 is 0 Å². The Labute approximate surface area is 152 Å². The standard InChI is InChI=1S/C20H23N5O/c1-14-4-3-5-25(14)13-19(26)8-18-7-15-6-16(9-22-20(15)11-21-18)17-10-23-24(2)12-17/h6-7,9-12,14H,3-5,8,13H2,1-2H3/t14-/m1/s1. The SMILES string of the molecule is C[C@@H]1CCCN1CC(=O)Cc1cc2cc(-c3cnn(C)c3)cnc2cn1. The monoisotopic (exact) mass is 349 g/mol. The van der Waals surface area contributed by atoms with Gasteiger partial charge in [-0.2, -0.15) is 5.10 Å². The van der Waals surface area contributed by atoms with Crippen molar-refractivity contribution in [2.45, 2.75) is 32.2 Å². The molecule has 3 aromatic rings. The molecule has 1 aliphatic heterocycles. The summed E-state index contributed by atoms with van der Waals surface area (Å²) in [6.07, 6.45) is 10.1. The van der Waals surface area contributed by atoms with Crippen LogP contribution in [0.5, 0.6) is 0 Å². The second-order valence-electron chi connectivity index (χ2n) is 7.17. The Morgan fingerprint density at radius 1 is 1.19 bits per heavy atom. The third-order valence-corrected chi connectivity index (χ3v) is 5.11. The van der Waals surface area contributed by atoms with Gasteiger partial charge in [0.05, 0.1) is 30.9 Å². The Kier molecular flexibility index (Phi) is 4.51. The number of carbonyl (C=O) groups excluding carboxylic acids is 1. The van der Waals surface area contributed by atoms with Crippen LogP contribution in [0.2, 0.25) is 0 Å². The van der Waals surface area contributed by atoms with Gasteiger partial charge in [0.1, 0.15) is 0 Å². The topological polar surface area (TPSA) is 63.9 Å². The molecule has 6 heteroatoms. The van der Waals surface area contributed by atoms with E-state index in [-0.39, 0.29) is 5.78 Å². The lowest BCUT2D eigenvalue weighted by Gasteiger charge is -2.19. The van der Waals surface area contributed by atoms with Crippen LogP contribution in [0.1, 0.15) is 25.5 Å². The second kappa shape index (κ2) is 6.96. The van der Waals surface area contributed by atoms with Crippen molar-refractivity contribution in [2.75, 3.05) is 13.1 Å². The summed E-state index contributed by atoms with van der Waals surface area (Å²) >= 11 is 0. The highest BCUT2D eigenvalue weighted by Crippen LogP contribution is 2.22. The van der Waals surface area contributed by atoms with Gasteiger partial charge in [-0.15, -0.1) is 0 Å². The van der Waals surface area contributed by atoms with Gasteiger partial charge in [0.2, 0.25) is 0 Å². The zero-order valence-electron chi connectivity index (χ0n) is 15.2. The van der Waals surface area contributed by atoms with E-state index in [9.17, 15) is 4.79 Å². The van der Waals surface area contributed by atoms with E-state index in [2.05, 4.69) is 33.0 Å². The molecule has 4 rings (SSSR count). The van der Waals surface area contributed by atoms with E-state index < -0.39 is 0 Å². The van der Waals surface area contributed by atoms with Gasteiger partial charge in [0.15, 0.2) is 5.78 Å². The number of likely N-dealkylation sites (tertiary alicyclic amines) is 1. The highest BCUT2D eigenvalue weighted by molar-refractivity contribution is 5.86. The number of pyridine rings is 2. The first-order valence-electron chi connectivity index (χ1n) is 9.08. The van der Waals surface area contributed by atoms with E-state index >= 15 is 0 Å². The Hall–Kier alpha value is -2.60. The fourth-order valence-electron chi connectivity index (χ4n) is 3.61. The van der Waals surface area contributed by atoms with E-state index in [0.717, 1.165) is 34.3 Å². The van der Waals surface area contributed by atoms with Crippen LogP contribution in [0.25, 0.3) is 22.0 Å². The quantitative estimate of drug-likeness (QED) is 0.708. The lowest BCUT2D eigenvalue weighted by Crippen LogP contribution is -2.33. The number of rotatable bonds is 5. The van der Waals surface area contributed by atoms with Gasteiger partial charge in [-0.3, -0.25) is 24.3 Å². The summed E-state index contributed by atoms with van der Waals surface area (Å²) in [5, 5.41) is 5.21. The fourth-order valence-corrected chi connectivity index (χ4v) is 3.61. The minimum absolute atomic E-state index is 0.224. The first-order chi connectivity index (χ1) is 12.6. The number of Topliss-reactive ketones (excluding diaryl/α,β-unsaturated/α-hetero) is 1. The summed E-state index contributed by atoms with van der Waals surface area (Å²) in [6, 6.07) is 4.57. The average Bonchev–Trinajstić information content (AvgIpc) is 3.23. The van der Waals surface area contributed by atoms with Crippen molar-refractivity contribution in [1.82, 2.24) is 24.6 Å². The van der Waals surface area contributed by atoms with Crippen LogP contribution in [0.3, 0.4) is 0 Å². The molecule has 0 N–H and O–H groups in total. The molecule has 1 saturated heterocycles. The number of hydrogen-bond acceptors (Lipinski definition) is 5. The number of carbonyl (C=O) groups is 1. The predicted molar refractivity (Wildman–Crippen MR) is 101 cm³/mol. The molecule has 0 aliphatic carbocycles. The van der Waals surface area contributed by atoms with Crippen molar-refractivity contribution in [1.29, 1.82) is 0 Å². The normalized spacial score (nSPS) is 17.8. The van der Waals surface area contributed by atoms with E-state index in [1.807, 2.05) is 31.7 Å². The van der Waals surface area contributed by atoms with Gasteiger partial charge in [-0.25, -0.2) is 0 Å². The maximum absolute atomic E-state index is 12.4. The lowest BCUT2D eigenvalue weighted by molar-refractivity contribution is -0.119. The molecule has 0 unspecified atom stereocenters. The molecule has 0 spiro atoms. The van der Waals surface area contributed by atoms with Crippen molar-refractivity contribution in [3.05, 3.63) is 42.6 Å². The summed E-state index contributed by atoms with van der Waals surface area (Å²) in [6.45, 7) is 3.74.